The van der Waals surface area contributed by atoms with Crippen molar-refractivity contribution in [3.63, 3.8) is 0 Å². The summed E-state index contributed by atoms with van der Waals surface area (Å²) in [4.78, 5) is 5.18. The molecular weight excluding hydrogens is 414 g/mol. The van der Waals surface area contributed by atoms with Crippen molar-refractivity contribution in [1.29, 1.82) is 0 Å². The minimum Gasteiger partial charge on any atom is -0.352 e. The molecule has 8 nitrogen and oxygen atoms in total. The SMILES string of the molecule is O=S(=O)(c1cc(F)ccc1F)N1CCN(c2ccc(Nc3ccncc3)nn2)CC1. The number of hydrogen-bond donors (Lipinski definition) is 1. The van der Waals surface area contributed by atoms with Gasteiger partial charge in [0.15, 0.2) is 11.6 Å². The van der Waals surface area contributed by atoms with Crippen LogP contribution >= 0.6 is 0 Å². The Labute approximate surface area is 172 Å². The normalized spacial score (nSPS) is 15.2. The number of benzene rings is 1. The third-order valence-corrected chi connectivity index (χ3v) is 6.59. The van der Waals surface area contributed by atoms with E-state index >= 15 is 0 Å². The van der Waals surface area contributed by atoms with E-state index in [9.17, 15) is 17.2 Å². The van der Waals surface area contributed by atoms with Crippen LogP contribution in [0.3, 0.4) is 0 Å². The predicted molar refractivity (Wildman–Crippen MR) is 107 cm³/mol. The van der Waals surface area contributed by atoms with Crippen LogP contribution in [0.1, 0.15) is 0 Å². The first-order valence-electron chi connectivity index (χ1n) is 9.14. The lowest BCUT2D eigenvalue weighted by molar-refractivity contribution is 0.380. The Balaban J connectivity index is 1.41. The largest absolute Gasteiger partial charge is 0.352 e. The van der Waals surface area contributed by atoms with Gasteiger partial charge < -0.3 is 10.2 Å². The van der Waals surface area contributed by atoms with Crippen LogP contribution < -0.4 is 10.2 Å². The number of aromatic nitrogens is 3. The molecule has 3 aromatic rings. The van der Waals surface area contributed by atoms with Crippen molar-refractivity contribution in [1.82, 2.24) is 19.5 Å². The molecule has 0 atom stereocenters. The lowest BCUT2D eigenvalue weighted by Crippen LogP contribution is -2.49. The highest BCUT2D eigenvalue weighted by atomic mass is 32.2. The van der Waals surface area contributed by atoms with Crippen molar-refractivity contribution in [3.05, 3.63) is 66.5 Å². The standard InChI is InChI=1S/C19H18F2N6O2S/c20-14-1-2-16(21)17(13-14)30(28,29)27-11-9-26(10-12-27)19-4-3-18(24-25-19)23-15-5-7-22-8-6-15/h1-8,13H,9-12H2,(H,22,23,24). The quantitative estimate of drug-likeness (QED) is 0.662. The lowest BCUT2D eigenvalue weighted by atomic mass is 10.3. The third-order valence-electron chi connectivity index (χ3n) is 4.68. The van der Waals surface area contributed by atoms with E-state index in [-0.39, 0.29) is 13.1 Å². The molecule has 0 unspecified atom stereocenters. The number of nitrogens with one attached hydrogen (secondary N) is 1. The Morgan fingerprint density at radius 3 is 2.30 bits per heavy atom. The summed E-state index contributed by atoms with van der Waals surface area (Å²) in [5.41, 5.74) is 0.829. The van der Waals surface area contributed by atoms with Crippen LogP contribution in [0.15, 0.2) is 59.8 Å². The maximum Gasteiger partial charge on any atom is 0.246 e. The molecule has 0 spiro atoms. The third kappa shape index (κ3) is 4.21. The number of halogens is 2. The van der Waals surface area contributed by atoms with Gasteiger partial charge in [-0.05, 0) is 42.5 Å². The van der Waals surface area contributed by atoms with Gasteiger partial charge >= 0.3 is 0 Å². The highest BCUT2D eigenvalue weighted by molar-refractivity contribution is 7.89. The van der Waals surface area contributed by atoms with E-state index in [2.05, 4.69) is 20.5 Å². The zero-order chi connectivity index (χ0) is 21.1. The monoisotopic (exact) mass is 432 g/mol. The fraction of sp³-hybridized carbons (Fsp3) is 0.211. The van der Waals surface area contributed by atoms with E-state index in [0.29, 0.717) is 30.8 Å². The second-order valence-corrected chi connectivity index (χ2v) is 8.51. The molecular formula is C19H18F2N6O2S. The number of piperazine rings is 1. The zero-order valence-corrected chi connectivity index (χ0v) is 16.6. The van der Waals surface area contributed by atoms with Crippen LogP contribution in [0.4, 0.5) is 26.1 Å². The predicted octanol–water partition coefficient (Wildman–Crippen LogP) is 2.40. The summed E-state index contributed by atoms with van der Waals surface area (Å²) in [6.45, 7) is 0.942. The van der Waals surface area contributed by atoms with Crippen molar-refractivity contribution in [3.8, 4) is 0 Å². The van der Waals surface area contributed by atoms with E-state index in [1.165, 1.54) is 0 Å². The van der Waals surface area contributed by atoms with Gasteiger partial charge in [0.1, 0.15) is 16.5 Å². The minimum absolute atomic E-state index is 0.122. The average Bonchev–Trinajstić information content (AvgIpc) is 2.77. The van der Waals surface area contributed by atoms with Gasteiger partial charge in [-0.2, -0.15) is 4.31 Å². The Kier molecular flexibility index (Phi) is 5.55. The molecule has 2 aromatic heterocycles. The van der Waals surface area contributed by atoms with Crippen molar-refractivity contribution in [2.24, 2.45) is 0 Å². The topological polar surface area (TPSA) is 91.3 Å². The molecule has 4 rings (SSSR count). The van der Waals surface area contributed by atoms with Gasteiger partial charge in [-0.1, -0.05) is 0 Å². The molecule has 0 saturated carbocycles. The summed E-state index contributed by atoms with van der Waals surface area (Å²) in [5, 5.41) is 11.4. The highest BCUT2D eigenvalue weighted by Crippen LogP contribution is 2.23. The van der Waals surface area contributed by atoms with E-state index < -0.39 is 26.6 Å². The van der Waals surface area contributed by atoms with E-state index in [1.807, 2.05) is 4.90 Å². The summed E-state index contributed by atoms with van der Waals surface area (Å²) in [6.07, 6.45) is 3.32. The Hall–Kier alpha value is -3.18. The first kappa shape index (κ1) is 20.1. The number of anilines is 3. The molecule has 1 aromatic carbocycles. The van der Waals surface area contributed by atoms with Crippen LogP contribution in [-0.4, -0.2) is 54.1 Å². The summed E-state index contributed by atoms with van der Waals surface area (Å²) in [6, 6.07) is 9.57. The van der Waals surface area contributed by atoms with Crippen molar-refractivity contribution >= 4 is 27.3 Å². The molecule has 1 N–H and O–H groups in total. The molecule has 0 aliphatic carbocycles. The van der Waals surface area contributed by atoms with Crippen LogP contribution in [0, 0.1) is 11.6 Å². The number of nitrogens with zero attached hydrogens (tertiary/aromatic N) is 5. The Morgan fingerprint density at radius 2 is 1.63 bits per heavy atom. The van der Waals surface area contributed by atoms with Crippen molar-refractivity contribution in [2.75, 3.05) is 36.4 Å². The fourth-order valence-corrected chi connectivity index (χ4v) is 4.61. The number of pyridine rings is 1. The summed E-state index contributed by atoms with van der Waals surface area (Å²) in [5.74, 6) is -0.608. The molecule has 1 aliphatic rings. The summed E-state index contributed by atoms with van der Waals surface area (Å²) in [7, 11) is -4.12. The average molecular weight is 432 g/mol. The van der Waals surface area contributed by atoms with Crippen molar-refractivity contribution < 1.29 is 17.2 Å². The van der Waals surface area contributed by atoms with E-state index in [0.717, 1.165) is 22.1 Å². The zero-order valence-electron chi connectivity index (χ0n) is 15.7. The molecule has 0 amide bonds. The fourth-order valence-electron chi connectivity index (χ4n) is 3.12. The Bertz CT molecular complexity index is 1120. The molecule has 0 radical (unpaired) electrons. The smallest absolute Gasteiger partial charge is 0.246 e. The second kappa shape index (κ2) is 8.28. The molecule has 30 heavy (non-hydrogen) atoms. The van der Waals surface area contributed by atoms with Gasteiger partial charge in [0.05, 0.1) is 0 Å². The molecule has 0 bridgehead atoms. The van der Waals surface area contributed by atoms with Gasteiger partial charge in [0.2, 0.25) is 10.0 Å². The lowest BCUT2D eigenvalue weighted by Gasteiger charge is -2.34. The first-order chi connectivity index (χ1) is 14.4. The van der Waals surface area contributed by atoms with Crippen LogP contribution in [0.5, 0.6) is 0 Å². The van der Waals surface area contributed by atoms with Gasteiger partial charge in [-0.15, -0.1) is 10.2 Å². The molecule has 1 aliphatic heterocycles. The molecule has 156 valence electrons. The van der Waals surface area contributed by atoms with E-state index in [1.54, 1.807) is 36.7 Å². The van der Waals surface area contributed by atoms with Gasteiger partial charge in [0.25, 0.3) is 0 Å². The number of sulfonamides is 1. The molecule has 1 fully saturated rings. The summed E-state index contributed by atoms with van der Waals surface area (Å²) < 4.78 is 53.9. The van der Waals surface area contributed by atoms with Crippen LogP contribution in [0.25, 0.3) is 0 Å². The molecule has 3 heterocycles. The number of hydrogen-bond acceptors (Lipinski definition) is 7. The minimum atomic E-state index is -4.12. The summed E-state index contributed by atoms with van der Waals surface area (Å²) >= 11 is 0. The van der Waals surface area contributed by atoms with Gasteiger partial charge in [0, 0.05) is 44.3 Å². The maximum atomic E-state index is 13.9. The van der Waals surface area contributed by atoms with Gasteiger partial charge in [-0.25, -0.2) is 17.2 Å². The Morgan fingerprint density at radius 1 is 0.900 bits per heavy atom. The van der Waals surface area contributed by atoms with Crippen molar-refractivity contribution in [2.45, 2.75) is 4.90 Å². The maximum absolute atomic E-state index is 13.9. The molecule has 1 saturated heterocycles. The first-order valence-corrected chi connectivity index (χ1v) is 10.6. The molecule has 11 heteroatoms. The van der Waals surface area contributed by atoms with E-state index in [4.69, 9.17) is 0 Å². The number of rotatable bonds is 5. The highest BCUT2D eigenvalue weighted by Gasteiger charge is 2.31. The second-order valence-electron chi connectivity index (χ2n) is 6.60. The van der Waals surface area contributed by atoms with Gasteiger partial charge in [-0.3, -0.25) is 4.98 Å². The van der Waals surface area contributed by atoms with Crippen LogP contribution in [0.2, 0.25) is 0 Å². The van der Waals surface area contributed by atoms with Crippen LogP contribution in [-0.2, 0) is 10.0 Å².